The van der Waals surface area contributed by atoms with Gasteiger partial charge < -0.3 is 39.4 Å². The van der Waals surface area contributed by atoms with Gasteiger partial charge in [0.05, 0.1) is 0 Å². The van der Waals surface area contributed by atoms with Gasteiger partial charge in [0.1, 0.15) is 13.2 Å². The van der Waals surface area contributed by atoms with Crippen molar-refractivity contribution >= 4 is 47.8 Å². The van der Waals surface area contributed by atoms with E-state index < -0.39 is 73.2 Å². The predicted octanol–water partition coefficient (Wildman–Crippen LogP) is -1.54. The second-order valence-electron chi connectivity index (χ2n) is 5.90. The number of aliphatic carboxylic acids is 4. The van der Waals surface area contributed by atoms with Crippen molar-refractivity contribution in [1.29, 1.82) is 0 Å². The summed E-state index contributed by atoms with van der Waals surface area (Å²) in [6.07, 6.45) is -0.306. The van der Waals surface area contributed by atoms with Gasteiger partial charge in [-0.15, -0.1) is 0 Å². The Morgan fingerprint density at radius 1 is 0.444 bits per heavy atom. The molecule has 16 heteroatoms. The minimum absolute atomic E-state index is 0.369. The van der Waals surface area contributed by atoms with Gasteiger partial charge in [0, 0.05) is 48.6 Å². The number of hydrogen-bond donors (Lipinski definition) is 4. The van der Waals surface area contributed by atoms with Gasteiger partial charge in [-0.1, -0.05) is 0 Å². The quantitative estimate of drug-likeness (QED) is 0.110. The third-order valence-electron chi connectivity index (χ3n) is 3.18. The predicted molar refractivity (Wildman–Crippen MR) is 109 cm³/mol. The number of hydrogen-bond acceptors (Lipinski definition) is 12. The molecule has 0 aliphatic carbocycles. The Morgan fingerprint density at radius 2 is 0.694 bits per heavy atom. The van der Waals surface area contributed by atoms with Gasteiger partial charge in [0.25, 0.3) is 0 Å². The van der Waals surface area contributed by atoms with E-state index in [4.69, 9.17) is 29.9 Å². The van der Waals surface area contributed by atoms with E-state index >= 15 is 0 Å². The Bertz CT molecular complexity index is 919. The van der Waals surface area contributed by atoms with Crippen LogP contribution in [0.5, 0.6) is 0 Å². The van der Waals surface area contributed by atoms with Crippen LogP contribution < -0.4 is 0 Å². The summed E-state index contributed by atoms with van der Waals surface area (Å²) in [5, 5.41) is 34.2. The molecular formula is C20H18O16. The molecule has 4 N–H and O–H groups in total. The molecule has 0 fully saturated rings. The molecule has 0 saturated heterocycles. The molecular weight excluding hydrogens is 496 g/mol. The van der Waals surface area contributed by atoms with E-state index in [0.717, 1.165) is 0 Å². The standard InChI is InChI=1S/C20H18O16/c21-13(22)1-5-17(29)33-9-11(35-19(31)7-3-15(25)26)12(36-20(32)8-4-16(27)28)10-34-18(30)6-2-14(23)24/h1-8,11-12H,9-10H2,(H,21,22)(H,23,24)(H,25,26)(H,27,28)/b5-1+,6-2+,7-3+,8-4+/t11-,12+. The van der Waals surface area contributed by atoms with Crippen molar-refractivity contribution in [2.24, 2.45) is 0 Å². The zero-order valence-electron chi connectivity index (χ0n) is 17.9. The first-order valence-electron chi connectivity index (χ1n) is 9.19. The summed E-state index contributed by atoms with van der Waals surface area (Å²) < 4.78 is 19.1. The van der Waals surface area contributed by atoms with Crippen molar-refractivity contribution in [2.45, 2.75) is 12.2 Å². The topological polar surface area (TPSA) is 254 Å². The van der Waals surface area contributed by atoms with Gasteiger partial charge in [0.15, 0.2) is 12.2 Å². The fourth-order valence-corrected chi connectivity index (χ4v) is 1.79. The van der Waals surface area contributed by atoms with Crippen LogP contribution >= 0.6 is 0 Å². The Hall–Kier alpha value is -5.28. The summed E-state index contributed by atoms with van der Waals surface area (Å²) in [4.78, 5) is 89.3. The molecule has 0 amide bonds. The molecule has 36 heavy (non-hydrogen) atoms. The molecule has 0 rings (SSSR count). The summed E-state index contributed by atoms with van der Waals surface area (Å²) in [6, 6.07) is 0. The van der Waals surface area contributed by atoms with Crippen LogP contribution in [-0.2, 0) is 57.3 Å². The zero-order valence-corrected chi connectivity index (χ0v) is 17.9. The maximum absolute atomic E-state index is 11.9. The molecule has 0 aliphatic heterocycles. The third kappa shape index (κ3) is 16.4. The molecule has 0 radical (unpaired) electrons. The Kier molecular flexibility index (Phi) is 14.0. The summed E-state index contributed by atoms with van der Waals surface area (Å²) in [5.74, 6) is -11.4. The monoisotopic (exact) mass is 514 g/mol. The minimum atomic E-state index is -1.82. The molecule has 0 heterocycles. The van der Waals surface area contributed by atoms with Crippen LogP contribution in [0.3, 0.4) is 0 Å². The van der Waals surface area contributed by atoms with Crippen LogP contribution in [0.25, 0.3) is 0 Å². The highest BCUT2D eigenvalue weighted by Gasteiger charge is 2.31. The van der Waals surface area contributed by atoms with E-state index in [1.165, 1.54) is 0 Å². The van der Waals surface area contributed by atoms with Crippen LogP contribution in [0.1, 0.15) is 0 Å². The third-order valence-corrected chi connectivity index (χ3v) is 3.18. The number of carbonyl (C=O) groups excluding carboxylic acids is 4. The first-order chi connectivity index (χ1) is 16.8. The highest BCUT2D eigenvalue weighted by atomic mass is 16.6. The summed E-state index contributed by atoms with van der Waals surface area (Å²) in [5.41, 5.74) is 0. The lowest BCUT2D eigenvalue weighted by Crippen LogP contribution is -2.42. The molecule has 0 spiro atoms. The first kappa shape index (κ1) is 30.7. The fraction of sp³-hybridized carbons (Fsp3) is 0.200. The van der Waals surface area contributed by atoms with Crippen molar-refractivity contribution < 1.29 is 77.7 Å². The van der Waals surface area contributed by atoms with Crippen molar-refractivity contribution in [3.05, 3.63) is 48.6 Å². The molecule has 0 aromatic heterocycles. The lowest BCUT2D eigenvalue weighted by molar-refractivity contribution is -0.176. The normalized spacial score (nSPS) is 12.8. The molecule has 0 aliphatic rings. The molecule has 0 aromatic rings. The SMILES string of the molecule is O=C(O)/C=C/C(=O)OC[C@H](OC(=O)/C=C/C(=O)O)[C@@H](COC(=O)/C=C/C(=O)O)OC(=O)/C=C/C(=O)O. The smallest absolute Gasteiger partial charge is 0.331 e. The number of ether oxygens (including phenoxy) is 4. The van der Waals surface area contributed by atoms with Crippen molar-refractivity contribution in [2.75, 3.05) is 13.2 Å². The summed E-state index contributed by atoms with van der Waals surface area (Å²) >= 11 is 0. The molecule has 0 unspecified atom stereocenters. The van der Waals surface area contributed by atoms with Gasteiger partial charge in [0.2, 0.25) is 0 Å². The van der Waals surface area contributed by atoms with E-state index in [0.29, 0.717) is 48.6 Å². The van der Waals surface area contributed by atoms with E-state index in [2.05, 4.69) is 9.47 Å². The van der Waals surface area contributed by atoms with Crippen molar-refractivity contribution in [3.8, 4) is 0 Å². The number of carboxylic acids is 4. The maximum Gasteiger partial charge on any atom is 0.331 e. The Balaban J connectivity index is 5.88. The number of rotatable bonds is 15. The highest BCUT2D eigenvalue weighted by molar-refractivity contribution is 5.92. The molecule has 194 valence electrons. The number of esters is 4. The van der Waals surface area contributed by atoms with E-state index in [-0.39, 0.29) is 0 Å². The van der Waals surface area contributed by atoms with Crippen LogP contribution in [0.15, 0.2) is 48.6 Å². The van der Waals surface area contributed by atoms with E-state index in [9.17, 15) is 38.4 Å². The minimum Gasteiger partial charge on any atom is -0.478 e. The van der Waals surface area contributed by atoms with Crippen molar-refractivity contribution in [3.63, 3.8) is 0 Å². The van der Waals surface area contributed by atoms with Crippen LogP contribution in [0.2, 0.25) is 0 Å². The van der Waals surface area contributed by atoms with E-state index in [1.54, 1.807) is 0 Å². The number of carboxylic acid groups (broad SMARTS) is 4. The largest absolute Gasteiger partial charge is 0.478 e. The fourth-order valence-electron chi connectivity index (χ4n) is 1.79. The average Bonchev–Trinajstić information content (AvgIpc) is 2.78. The van der Waals surface area contributed by atoms with Crippen molar-refractivity contribution in [1.82, 2.24) is 0 Å². The van der Waals surface area contributed by atoms with Crippen LogP contribution in [-0.4, -0.2) is 93.6 Å². The van der Waals surface area contributed by atoms with Gasteiger partial charge >= 0.3 is 47.8 Å². The van der Waals surface area contributed by atoms with Gasteiger partial charge in [-0.25, -0.2) is 38.4 Å². The lowest BCUT2D eigenvalue weighted by atomic mass is 10.2. The highest BCUT2D eigenvalue weighted by Crippen LogP contribution is 2.10. The van der Waals surface area contributed by atoms with Gasteiger partial charge in [-0.2, -0.15) is 0 Å². The Morgan fingerprint density at radius 3 is 0.944 bits per heavy atom. The lowest BCUT2D eigenvalue weighted by Gasteiger charge is -2.25. The van der Waals surface area contributed by atoms with Crippen LogP contribution in [0.4, 0.5) is 0 Å². The second-order valence-corrected chi connectivity index (χ2v) is 5.90. The summed E-state index contributed by atoms with van der Waals surface area (Å²) in [6.45, 7) is -1.92. The zero-order chi connectivity index (χ0) is 27.7. The molecule has 0 bridgehead atoms. The van der Waals surface area contributed by atoms with Gasteiger partial charge in [-0.05, 0) is 0 Å². The molecule has 16 nitrogen and oxygen atoms in total. The van der Waals surface area contributed by atoms with Crippen LogP contribution in [0, 0.1) is 0 Å². The first-order valence-corrected chi connectivity index (χ1v) is 9.19. The second kappa shape index (κ2) is 16.4. The summed E-state index contributed by atoms with van der Waals surface area (Å²) in [7, 11) is 0. The molecule has 2 atom stereocenters. The molecule has 0 aromatic carbocycles. The average molecular weight is 514 g/mol. The van der Waals surface area contributed by atoms with E-state index in [1.807, 2.05) is 0 Å². The van der Waals surface area contributed by atoms with Gasteiger partial charge in [-0.3, -0.25) is 0 Å². The molecule has 0 saturated carbocycles. The maximum atomic E-state index is 11.9. The number of carbonyl (C=O) groups is 8. The Labute approximate surface area is 200 Å².